The van der Waals surface area contributed by atoms with E-state index >= 15 is 0 Å². The molecule has 1 N–H and O–H groups in total. The smallest absolute Gasteiger partial charge is 0.101 e. The average Bonchev–Trinajstić information content (AvgIpc) is 2.71. The number of aryl methyl sites for hydroxylation is 2. The third-order valence-electron chi connectivity index (χ3n) is 2.61. The highest BCUT2D eigenvalue weighted by Crippen LogP contribution is 2.25. The van der Waals surface area contributed by atoms with Crippen LogP contribution in [0.2, 0.25) is 5.02 Å². The van der Waals surface area contributed by atoms with Gasteiger partial charge >= 0.3 is 0 Å². The highest BCUT2D eigenvalue weighted by atomic mass is 35.5. The van der Waals surface area contributed by atoms with Gasteiger partial charge < -0.3 is 5.32 Å². The molecule has 0 aliphatic carbocycles. The first kappa shape index (κ1) is 12.5. The molecule has 0 aliphatic heterocycles. The molecule has 0 atom stereocenters. The number of halogens is 1. The Kier molecular flexibility index (Phi) is 3.54. The second kappa shape index (κ2) is 5.11. The third-order valence-corrected chi connectivity index (χ3v) is 2.85. The van der Waals surface area contributed by atoms with Crippen LogP contribution in [0.3, 0.4) is 0 Å². The van der Waals surface area contributed by atoms with Gasteiger partial charge in [-0.3, -0.25) is 4.68 Å². The van der Waals surface area contributed by atoms with Gasteiger partial charge in [-0.15, -0.1) is 0 Å². The molecular weight excluding hydrogens is 248 g/mol. The number of aromatic nitrogens is 2. The topological polar surface area (TPSA) is 53.6 Å². The van der Waals surface area contributed by atoms with Crippen molar-refractivity contribution in [3.63, 3.8) is 0 Å². The Labute approximate surface area is 111 Å². The van der Waals surface area contributed by atoms with E-state index in [1.807, 2.05) is 20.2 Å². The molecule has 0 bridgehead atoms. The van der Waals surface area contributed by atoms with Gasteiger partial charge in [-0.2, -0.15) is 10.4 Å². The van der Waals surface area contributed by atoms with Crippen molar-refractivity contribution in [2.24, 2.45) is 7.05 Å². The summed E-state index contributed by atoms with van der Waals surface area (Å²) in [6.45, 7) is 2.04. The summed E-state index contributed by atoms with van der Waals surface area (Å²) < 4.78 is 1.75. The van der Waals surface area contributed by atoms with Gasteiger partial charge in [0.1, 0.15) is 6.07 Å². The van der Waals surface area contributed by atoms with E-state index < -0.39 is 0 Å². The molecule has 0 spiro atoms. The highest BCUT2D eigenvalue weighted by molar-refractivity contribution is 6.30. The summed E-state index contributed by atoms with van der Waals surface area (Å²) >= 11 is 5.87. The van der Waals surface area contributed by atoms with Gasteiger partial charge in [0.15, 0.2) is 0 Å². The molecule has 1 aromatic carbocycles. The summed E-state index contributed by atoms with van der Waals surface area (Å²) in [7, 11) is 1.87. The van der Waals surface area contributed by atoms with E-state index in [9.17, 15) is 0 Å². The predicted octanol–water partition coefficient (Wildman–Crippen LogP) is 3.25. The Hall–Kier alpha value is -1.99. The molecule has 92 valence electrons. The first-order valence-corrected chi connectivity index (χ1v) is 6.01. The van der Waals surface area contributed by atoms with E-state index in [-0.39, 0.29) is 0 Å². The summed E-state index contributed by atoms with van der Waals surface area (Å²) in [4.78, 5) is 0. The quantitative estimate of drug-likeness (QED) is 0.922. The van der Waals surface area contributed by atoms with Crippen LogP contribution in [0.4, 0.5) is 11.4 Å². The standard InChI is InChI=1S/C13H13ClN4/c1-3-11-13(8-18(2)17-11)16-12-5-4-10(14)6-9(12)7-15/h4-6,8,16H,3H2,1-2H3. The van der Waals surface area contributed by atoms with Gasteiger partial charge in [0.2, 0.25) is 0 Å². The van der Waals surface area contributed by atoms with Crippen LogP contribution in [0.1, 0.15) is 18.2 Å². The summed E-state index contributed by atoms with van der Waals surface area (Å²) in [5, 5.41) is 17.2. The van der Waals surface area contributed by atoms with Crippen LogP contribution < -0.4 is 5.32 Å². The Bertz CT molecular complexity index is 610. The van der Waals surface area contributed by atoms with Gasteiger partial charge in [-0.05, 0) is 24.6 Å². The molecule has 2 aromatic rings. The zero-order chi connectivity index (χ0) is 13.1. The van der Waals surface area contributed by atoms with E-state index in [0.29, 0.717) is 10.6 Å². The average molecular weight is 261 g/mol. The molecule has 2 rings (SSSR count). The summed E-state index contributed by atoms with van der Waals surface area (Å²) in [5.41, 5.74) is 3.15. The van der Waals surface area contributed by atoms with Crippen molar-refractivity contribution in [2.45, 2.75) is 13.3 Å². The van der Waals surface area contributed by atoms with Crippen molar-refractivity contribution in [1.82, 2.24) is 9.78 Å². The zero-order valence-corrected chi connectivity index (χ0v) is 11.0. The molecule has 1 heterocycles. The van der Waals surface area contributed by atoms with E-state index in [2.05, 4.69) is 16.5 Å². The number of benzene rings is 1. The first-order chi connectivity index (χ1) is 8.63. The maximum Gasteiger partial charge on any atom is 0.101 e. The molecule has 0 saturated carbocycles. The molecule has 0 saturated heterocycles. The number of rotatable bonds is 3. The number of hydrogen-bond donors (Lipinski definition) is 1. The maximum absolute atomic E-state index is 9.08. The second-order valence-electron chi connectivity index (χ2n) is 3.94. The van der Waals surface area contributed by atoms with Crippen LogP contribution in [-0.2, 0) is 13.5 Å². The number of hydrogen-bond acceptors (Lipinski definition) is 3. The molecule has 1 aromatic heterocycles. The molecule has 5 heteroatoms. The van der Waals surface area contributed by atoms with Crippen molar-refractivity contribution in [3.05, 3.63) is 40.7 Å². The van der Waals surface area contributed by atoms with Crippen LogP contribution in [0, 0.1) is 11.3 Å². The number of nitrogens with one attached hydrogen (secondary N) is 1. The third kappa shape index (κ3) is 2.47. The molecule has 0 aliphatic rings. The molecule has 0 fully saturated rings. The molecule has 0 amide bonds. The Morgan fingerprint density at radius 1 is 1.44 bits per heavy atom. The number of nitriles is 1. The summed E-state index contributed by atoms with van der Waals surface area (Å²) in [6.07, 6.45) is 2.73. The van der Waals surface area contributed by atoms with Crippen LogP contribution >= 0.6 is 11.6 Å². The SMILES string of the molecule is CCc1nn(C)cc1Nc1ccc(Cl)cc1C#N. The van der Waals surface area contributed by atoms with Crippen LogP contribution in [-0.4, -0.2) is 9.78 Å². The minimum absolute atomic E-state index is 0.522. The van der Waals surface area contributed by atoms with Crippen molar-refractivity contribution in [2.75, 3.05) is 5.32 Å². The van der Waals surface area contributed by atoms with Gasteiger partial charge in [-0.25, -0.2) is 0 Å². The molecule has 0 unspecified atom stereocenters. The number of anilines is 2. The van der Waals surface area contributed by atoms with Crippen LogP contribution in [0.25, 0.3) is 0 Å². The first-order valence-electron chi connectivity index (χ1n) is 5.63. The summed E-state index contributed by atoms with van der Waals surface area (Å²) in [5.74, 6) is 0. The Morgan fingerprint density at radius 3 is 2.89 bits per heavy atom. The van der Waals surface area contributed by atoms with Gasteiger partial charge in [0.25, 0.3) is 0 Å². The lowest BCUT2D eigenvalue weighted by Gasteiger charge is -2.07. The fourth-order valence-corrected chi connectivity index (χ4v) is 1.94. The lowest BCUT2D eigenvalue weighted by molar-refractivity contribution is 0.746. The van der Waals surface area contributed by atoms with Crippen molar-refractivity contribution < 1.29 is 0 Å². The monoisotopic (exact) mass is 260 g/mol. The second-order valence-corrected chi connectivity index (χ2v) is 4.38. The van der Waals surface area contributed by atoms with Gasteiger partial charge in [0, 0.05) is 18.3 Å². The minimum Gasteiger partial charge on any atom is -0.352 e. The summed E-state index contributed by atoms with van der Waals surface area (Å²) in [6, 6.07) is 7.33. The van der Waals surface area contributed by atoms with E-state index in [0.717, 1.165) is 23.5 Å². The largest absolute Gasteiger partial charge is 0.352 e. The molecule has 18 heavy (non-hydrogen) atoms. The van der Waals surface area contributed by atoms with Crippen molar-refractivity contribution in [1.29, 1.82) is 5.26 Å². The Balaban J connectivity index is 2.37. The van der Waals surface area contributed by atoms with Gasteiger partial charge in [0.05, 0.1) is 22.6 Å². The predicted molar refractivity (Wildman–Crippen MR) is 72.0 cm³/mol. The normalized spacial score (nSPS) is 10.1. The molecular formula is C13H13ClN4. The van der Waals surface area contributed by atoms with Gasteiger partial charge in [-0.1, -0.05) is 18.5 Å². The minimum atomic E-state index is 0.522. The molecule has 4 nitrogen and oxygen atoms in total. The van der Waals surface area contributed by atoms with E-state index in [1.165, 1.54) is 0 Å². The van der Waals surface area contributed by atoms with Crippen molar-refractivity contribution >= 4 is 23.0 Å². The zero-order valence-electron chi connectivity index (χ0n) is 10.2. The lowest BCUT2D eigenvalue weighted by atomic mass is 10.2. The fraction of sp³-hybridized carbons (Fsp3) is 0.231. The maximum atomic E-state index is 9.08. The Morgan fingerprint density at radius 2 is 2.22 bits per heavy atom. The van der Waals surface area contributed by atoms with E-state index in [4.69, 9.17) is 16.9 Å². The fourth-order valence-electron chi connectivity index (χ4n) is 1.76. The van der Waals surface area contributed by atoms with E-state index in [1.54, 1.807) is 22.9 Å². The molecule has 0 radical (unpaired) electrons. The van der Waals surface area contributed by atoms with Crippen LogP contribution in [0.15, 0.2) is 24.4 Å². The number of nitrogens with zero attached hydrogens (tertiary/aromatic N) is 3. The van der Waals surface area contributed by atoms with Crippen molar-refractivity contribution in [3.8, 4) is 6.07 Å². The highest BCUT2D eigenvalue weighted by Gasteiger charge is 2.09. The lowest BCUT2D eigenvalue weighted by Crippen LogP contribution is -1.95. The van der Waals surface area contributed by atoms with Crippen LogP contribution in [0.5, 0.6) is 0 Å².